The molecule has 0 fully saturated rings. The second-order valence-electron chi connectivity index (χ2n) is 4.07. The Labute approximate surface area is 105 Å². The van der Waals surface area contributed by atoms with Crippen LogP contribution in [0.5, 0.6) is 5.75 Å². The highest BCUT2D eigenvalue weighted by Gasteiger charge is 2.04. The third-order valence-electron chi connectivity index (χ3n) is 2.62. The van der Waals surface area contributed by atoms with Crippen LogP contribution in [0.2, 0.25) is 0 Å². The molecule has 1 heterocycles. The number of aromatic nitrogens is 2. The minimum Gasteiger partial charge on any atom is -0.508 e. The molecule has 0 aliphatic heterocycles. The van der Waals surface area contributed by atoms with Crippen molar-refractivity contribution in [2.45, 2.75) is 19.9 Å². The molecular weight excluding hydrogens is 230 g/mol. The van der Waals surface area contributed by atoms with Gasteiger partial charge in [-0.3, -0.25) is 9.48 Å². The van der Waals surface area contributed by atoms with Crippen LogP contribution >= 0.6 is 0 Å². The summed E-state index contributed by atoms with van der Waals surface area (Å²) in [6.07, 6.45) is 3.83. The molecule has 0 spiro atoms. The molecule has 2 aromatic rings. The molecule has 94 valence electrons. The van der Waals surface area contributed by atoms with Gasteiger partial charge in [-0.05, 0) is 24.6 Å². The van der Waals surface area contributed by atoms with E-state index >= 15 is 0 Å². The number of anilines is 1. The number of aromatic hydroxyl groups is 1. The second kappa shape index (κ2) is 5.35. The zero-order valence-electron chi connectivity index (χ0n) is 10.1. The fourth-order valence-corrected chi connectivity index (χ4v) is 1.56. The summed E-state index contributed by atoms with van der Waals surface area (Å²) in [7, 11) is 0. The van der Waals surface area contributed by atoms with Crippen molar-refractivity contribution in [3.05, 3.63) is 42.2 Å². The van der Waals surface area contributed by atoms with Gasteiger partial charge in [0.15, 0.2) is 0 Å². The number of nitrogens with one attached hydrogen (secondary N) is 1. The highest BCUT2D eigenvalue weighted by molar-refractivity contribution is 5.90. The Morgan fingerprint density at radius 1 is 1.50 bits per heavy atom. The van der Waals surface area contributed by atoms with E-state index in [0.29, 0.717) is 18.7 Å². The van der Waals surface area contributed by atoms with E-state index in [1.165, 1.54) is 0 Å². The molecule has 0 saturated heterocycles. The molecule has 1 aromatic heterocycles. The predicted molar refractivity (Wildman–Crippen MR) is 68.3 cm³/mol. The van der Waals surface area contributed by atoms with Crippen molar-refractivity contribution >= 4 is 11.6 Å². The van der Waals surface area contributed by atoms with Crippen LogP contribution in [-0.4, -0.2) is 20.8 Å². The van der Waals surface area contributed by atoms with Gasteiger partial charge >= 0.3 is 0 Å². The Morgan fingerprint density at radius 3 is 3.00 bits per heavy atom. The Kier molecular flexibility index (Phi) is 3.62. The molecular formula is C13H15N3O2. The van der Waals surface area contributed by atoms with Gasteiger partial charge in [0.1, 0.15) is 5.75 Å². The molecule has 0 aliphatic carbocycles. The fraction of sp³-hybridized carbons (Fsp3) is 0.231. The Morgan fingerprint density at radius 2 is 2.33 bits per heavy atom. The minimum absolute atomic E-state index is 0.103. The Balaban J connectivity index is 1.88. The van der Waals surface area contributed by atoms with Crippen LogP contribution in [-0.2, 0) is 11.3 Å². The van der Waals surface area contributed by atoms with Crippen LogP contribution in [0.3, 0.4) is 0 Å². The lowest BCUT2D eigenvalue weighted by molar-refractivity contribution is -0.116. The summed E-state index contributed by atoms with van der Waals surface area (Å²) in [6.45, 7) is 2.34. The molecule has 0 saturated carbocycles. The maximum Gasteiger partial charge on any atom is 0.226 e. The highest BCUT2D eigenvalue weighted by atomic mass is 16.3. The molecule has 5 nitrogen and oxygen atoms in total. The lowest BCUT2D eigenvalue weighted by Crippen LogP contribution is -2.14. The van der Waals surface area contributed by atoms with E-state index in [9.17, 15) is 9.90 Å². The van der Waals surface area contributed by atoms with Crippen LogP contribution in [0.4, 0.5) is 5.69 Å². The molecule has 0 bridgehead atoms. The van der Waals surface area contributed by atoms with Crippen LogP contribution in [0, 0.1) is 6.92 Å². The third-order valence-corrected chi connectivity index (χ3v) is 2.62. The monoisotopic (exact) mass is 245 g/mol. The van der Waals surface area contributed by atoms with Crippen molar-refractivity contribution in [2.24, 2.45) is 0 Å². The average Bonchev–Trinajstić information content (AvgIpc) is 2.84. The van der Waals surface area contributed by atoms with Gasteiger partial charge in [-0.1, -0.05) is 6.07 Å². The van der Waals surface area contributed by atoms with Gasteiger partial charge in [0.2, 0.25) is 5.91 Å². The smallest absolute Gasteiger partial charge is 0.226 e. The fourth-order valence-electron chi connectivity index (χ4n) is 1.56. The number of phenolic OH excluding ortho intramolecular Hbond substituents is 1. The second-order valence-corrected chi connectivity index (χ2v) is 4.07. The zero-order chi connectivity index (χ0) is 13.0. The van der Waals surface area contributed by atoms with E-state index in [4.69, 9.17) is 0 Å². The van der Waals surface area contributed by atoms with Gasteiger partial charge in [0.25, 0.3) is 0 Å². The van der Waals surface area contributed by atoms with Crippen molar-refractivity contribution in [3.63, 3.8) is 0 Å². The van der Waals surface area contributed by atoms with E-state index in [1.54, 1.807) is 36.0 Å². The first-order valence-electron chi connectivity index (χ1n) is 5.72. The highest BCUT2D eigenvalue weighted by Crippen LogP contribution is 2.20. The number of aryl methyl sites for hydroxylation is 2. The molecule has 2 rings (SSSR count). The summed E-state index contributed by atoms with van der Waals surface area (Å²) in [5.74, 6) is 0.0774. The number of rotatable bonds is 4. The maximum atomic E-state index is 11.7. The largest absolute Gasteiger partial charge is 0.508 e. The normalized spacial score (nSPS) is 10.3. The topological polar surface area (TPSA) is 67.2 Å². The van der Waals surface area contributed by atoms with Gasteiger partial charge in [0.05, 0.1) is 0 Å². The summed E-state index contributed by atoms with van der Waals surface area (Å²) in [6, 6.07) is 6.89. The van der Waals surface area contributed by atoms with E-state index in [0.717, 1.165) is 5.56 Å². The van der Waals surface area contributed by atoms with Crippen molar-refractivity contribution in [3.8, 4) is 5.75 Å². The number of benzene rings is 1. The number of nitrogens with zero attached hydrogens (tertiary/aromatic N) is 2. The summed E-state index contributed by atoms with van der Waals surface area (Å²) >= 11 is 0. The van der Waals surface area contributed by atoms with Crippen molar-refractivity contribution < 1.29 is 9.90 Å². The summed E-state index contributed by atoms with van der Waals surface area (Å²) < 4.78 is 1.70. The van der Waals surface area contributed by atoms with E-state index < -0.39 is 0 Å². The van der Waals surface area contributed by atoms with Crippen molar-refractivity contribution in [1.82, 2.24) is 9.78 Å². The van der Waals surface area contributed by atoms with E-state index in [-0.39, 0.29) is 11.7 Å². The minimum atomic E-state index is -0.103. The summed E-state index contributed by atoms with van der Waals surface area (Å²) in [5, 5.41) is 16.3. The number of carbonyl (C=O) groups is 1. The molecule has 2 N–H and O–H groups in total. The van der Waals surface area contributed by atoms with Crippen molar-refractivity contribution in [1.29, 1.82) is 0 Å². The third kappa shape index (κ3) is 3.10. The average molecular weight is 245 g/mol. The van der Waals surface area contributed by atoms with Crippen LogP contribution in [0.1, 0.15) is 12.0 Å². The molecule has 1 amide bonds. The van der Waals surface area contributed by atoms with Crippen molar-refractivity contribution in [2.75, 3.05) is 5.32 Å². The van der Waals surface area contributed by atoms with E-state index in [2.05, 4.69) is 10.4 Å². The molecule has 18 heavy (non-hydrogen) atoms. The Bertz CT molecular complexity index is 535. The number of hydrogen-bond donors (Lipinski definition) is 2. The van der Waals surface area contributed by atoms with Crippen LogP contribution in [0.15, 0.2) is 36.7 Å². The number of phenols is 1. The van der Waals surface area contributed by atoms with E-state index in [1.807, 2.05) is 12.3 Å². The Hall–Kier alpha value is -2.30. The SMILES string of the molecule is Cc1ccc(NC(=O)CCn2cccn2)cc1O. The predicted octanol–water partition coefficient (Wildman–Crippen LogP) is 1.93. The first-order chi connectivity index (χ1) is 8.65. The molecule has 0 unspecified atom stereocenters. The quantitative estimate of drug-likeness (QED) is 0.864. The molecule has 1 aromatic carbocycles. The molecule has 0 aliphatic rings. The van der Waals surface area contributed by atoms with Gasteiger partial charge in [-0.15, -0.1) is 0 Å². The first kappa shape index (κ1) is 12.2. The summed E-state index contributed by atoms with van der Waals surface area (Å²) in [5.41, 5.74) is 1.38. The zero-order valence-corrected chi connectivity index (χ0v) is 10.1. The van der Waals surface area contributed by atoms with Crippen LogP contribution < -0.4 is 5.32 Å². The maximum absolute atomic E-state index is 11.7. The lowest BCUT2D eigenvalue weighted by Gasteiger charge is -2.07. The summed E-state index contributed by atoms with van der Waals surface area (Å²) in [4.78, 5) is 11.7. The number of carbonyl (C=O) groups excluding carboxylic acids is 1. The van der Waals surface area contributed by atoms with Gasteiger partial charge in [-0.2, -0.15) is 5.10 Å². The van der Waals surface area contributed by atoms with Gasteiger partial charge in [-0.25, -0.2) is 0 Å². The molecule has 0 atom stereocenters. The number of amides is 1. The first-order valence-corrected chi connectivity index (χ1v) is 5.72. The van der Waals surface area contributed by atoms with Crippen LogP contribution in [0.25, 0.3) is 0 Å². The standard InChI is InChI=1S/C13H15N3O2/c1-10-3-4-11(9-12(10)17)15-13(18)5-8-16-7-2-6-14-16/h2-4,6-7,9,17H,5,8H2,1H3,(H,15,18). The van der Waals surface area contributed by atoms with Gasteiger partial charge < -0.3 is 10.4 Å². The lowest BCUT2D eigenvalue weighted by atomic mass is 10.2. The molecule has 0 radical (unpaired) electrons. The number of hydrogen-bond acceptors (Lipinski definition) is 3. The van der Waals surface area contributed by atoms with Gasteiger partial charge in [0, 0.05) is 37.1 Å². The molecule has 5 heteroatoms.